The van der Waals surface area contributed by atoms with E-state index >= 15 is 0 Å². The van der Waals surface area contributed by atoms with Crippen LogP contribution in [0.1, 0.15) is 44.7 Å². The molecule has 0 radical (unpaired) electrons. The molecule has 0 bridgehead atoms. The van der Waals surface area contributed by atoms with Crippen molar-refractivity contribution in [2.75, 3.05) is 20.3 Å². The standard InChI is InChI=1S/C15H24N2O2/c1-4-7-18-13-9-12(10-17-11-13)14(16-3)15(2)6-5-8-19-15/h9-11,14,16H,4-8H2,1-3H3. The summed E-state index contributed by atoms with van der Waals surface area (Å²) in [5, 5.41) is 3.36. The Hall–Kier alpha value is -1.13. The van der Waals surface area contributed by atoms with Gasteiger partial charge in [-0.05, 0) is 44.9 Å². The SMILES string of the molecule is CCCOc1cncc(C(NC)C2(C)CCCO2)c1. The zero-order chi connectivity index (χ0) is 13.7. The zero-order valence-corrected chi connectivity index (χ0v) is 12.1. The minimum absolute atomic E-state index is 0.146. The molecule has 2 atom stereocenters. The van der Waals surface area contributed by atoms with Crippen molar-refractivity contribution in [2.45, 2.75) is 44.8 Å². The van der Waals surface area contributed by atoms with Gasteiger partial charge in [0.15, 0.2) is 0 Å². The predicted octanol–water partition coefficient (Wildman–Crippen LogP) is 2.70. The third-order valence-corrected chi connectivity index (χ3v) is 3.69. The molecule has 1 aromatic rings. The van der Waals surface area contributed by atoms with Crippen LogP contribution in [0.3, 0.4) is 0 Å². The summed E-state index contributed by atoms with van der Waals surface area (Å²) in [5.74, 6) is 0.834. The Kier molecular flexibility index (Phi) is 4.77. The van der Waals surface area contributed by atoms with Crippen LogP contribution >= 0.6 is 0 Å². The van der Waals surface area contributed by atoms with Gasteiger partial charge >= 0.3 is 0 Å². The maximum absolute atomic E-state index is 5.94. The van der Waals surface area contributed by atoms with E-state index in [1.54, 1.807) is 6.20 Å². The van der Waals surface area contributed by atoms with Crippen LogP contribution in [-0.2, 0) is 4.74 Å². The molecular formula is C15H24N2O2. The summed E-state index contributed by atoms with van der Waals surface area (Å²) >= 11 is 0. The van der Waals surface area contributed by atoms with Gasteiger partial charge < -0.3 is 14.8 Å². The largest absolute Gasteiger partial charge is 0.492 e. The normalized spacial score (nSPS) is 24.4. The molecule has 0 saturated carbocycles. The fraction of sp³-hybridized carbons (Fsp3) is 0.667. The monoisotopic (exact) mass is 264 g/mol. The highest BCUT2D eigenvalue weighted by Crippen LogP contribution is 2.37. The first-order chi connectivity index (χ1) is 9.19. The number of nitrogens with one attached hydrogen (secondary N) is 1. The zero-order valence-electron chi connectivity index (χ0n) is 12.1. The van der Waals surface area contributed by atoms with Crippen molar-refractivity contribution in [3.8, 4) is 5.75 Å². The predicted molar refractivity (Wildman–Crippen MR) is 75.4 cm³/mol. The molecule has 1 aromatic heterocycles. The Balaban J connectivity index is 2.18. The lowest BCUT2D eigenvalue weighted by molar-refractivity contribution is -0.0106. The van der Waals surface area contributed by atoms with Crippen molar-refractivity contribution < 1.29 is 9.47 Å². The summed E-state index contributed by atoms with van der Waals surface area (Å²) in [7, 11) is 1.97. The lowest BCUT2D eigenvalue weighted by Gasteiger charge is -2.33. The summed E-state index contributed by atoms with van der Waals surface area (Å²) in [6.45, 7) is 5.83. The maximum atomic E-state index is 5.94. The van der Waals surface area contributed by atoms with E-state index in [2.05, 4.69) is 30.2 Å². The van der Waals surface area contributed by atoms with Gasteiger partial charge in [-0.1, -0.05) is 6.92 Å². The Labute approximate surface area is 115 Å². The number of ether oxygens (including phenoxy) is 2. The number of nitrogens with zero attached hydrogens (tertiary/aromatic N) is 1. The van der Waals surface area contributed by atoms with E-state index in [-0.39, 0.29) is 11.6 Å². The van der Waals surface area contributed by atoms with Gasteiger partial charge in [0, 0.05) is 12.8 Å². The van der Waals surface area contributed by atoms with Crippen molar-refractivity contribution in [3.63, 3.8) is 0 Å². The summed E-state index contributed by atoms with van der Waals surface area (Å²) in [6.07, 6.45) is 6.85. The molecule has 0 aromatic carbocycles. The van der Waals surface area contributed by atoms with E-state index < -0.39 is 0 Å². The Morgan fingerprint density at radius 1 is 1.53 bits per heavy atom. The first kappa shape index (κ1) is 14.3. The second-order valence-electron chi connectivity index (χ2n) is 5.29. The molecule has 1 fully saturated rings. The van der Waals surface area contributed by atoms with Crippen LogP contribution in [-0.4, -0.2) is 30.8 Å². The first-order valence-corrected chi connectivity index (χ1v) is 7.08. The molecule has 2 heterocycles. The first-order valence-electron chi connectivity index (χ1n) is 7.08. The van der Waals surface area contributed by atoms with Crippen LogP contribution in [0, 0.1) is 0 Å². The minimum atomic E-state index is -0.153. The Bertz CT molecular complexity index is 403. The van der Waals surface area contributed by atoms with Gasteiger partial charge in [-0.3, -0.25) is 4.98 Å². The highest BCUT2D eigenvalue weighted by atomic mass is 16.5. The van der Waals surface area contributed by atoms with Crippen LogP contribution in [0.15, 0.2) is 18.5 Å². The summed E-state index contributed by atoms with van der Waals surface area (Å²) in [6, 6.07) is 2.21. The molecule has 2 unspecified atom stereocenters. The molecule has 4 nitrogen and oxygen atoms in total. The number of likely N-dealkylation sites (N-methyl/N-ethyl adjacent to an activating group) is 1. The van der Waals surface area contributed by atoms with Gasteiger partial charge in [-0.2, -0.15) is 0 Å². The van der Waals surface area contributed by atoms with Crippen molar-refractivity contribution >= 4 is 0 Å². The quantitative estimate of drug-likeness (QED) is 0.858. The smallest absolute Gasteiger partial charge is 0.137 e. The van der Waals surface area contributed by atoms with Crippen molar-refractivity contribution in [1.82, 2.24) is 10.3 Å². The number of pyridine rings is 1. The second kappa shape index (κ2) is 6.35. The lowest BCUT2D eigenvalue weighted by atomic mass is 9.88. The number of hydrogen-bond donors (Lipinski definition) is 1. The fourth-order valence-corrected chi connectivity index (χ4v) is 2.75. The second-order valence-corrected chi connectivity index (χ2v) is 5.29. The van der Waals surface area contributed by atoms with Gasteiger partial charge in [-0.15, -0.1) is 0 Å². The average Bonchev–Trinajstić information content (AvgIpc) is 2.85. The fourth-order valence-electron chi connectivity index (χ4n) is 2.75. The number of hydrogen-bond acceptors (Lipinski definition) is 4. The Morgan fingerprint density at radius 2 is 2.37 bits per heavy atom. The van der Waals surface area contributed by atoms with Crippen LogP contribution in [0.4, 0.5) is 0 Å². The Morgan fingerprint density at radius 3 is 3.00 bits per heavy atom. The molecule has 0 spiro atoms. The molecule has 106 valence electrons. The van der Waals surface area contributed by atoms with E-state index in [9.17, 15) is 0 Å². The summed E-state index contributed by atoms with van der Waals surface area (Å²) in [4.78, 5) is 4.29. The molecule has 19 heavy (non-hydrogen) atoms. The van der Waals surface area contributed by atoms with Crippen molar-refractivity contribution in [3.05, 3.63) is 24.0 Å². The number of rotatable bonds is 6. The molecule has 0 amide bonds. The third-order valence-electron chi connectivity index (χ3n) is 3.69. The highest BCUT2D eigenvalue weighted by molar-refractivity contribution is 5.28. The molecule has 0 aliphatic carbocycles. The molecule has 4 heteroatoms. The van der Waals surface area contributed by atoms with Crippen molar-refractivity contribution in [2.24, 2.45) is 0 Å². The number of aromatic nitrogens is 1. The van der Waals surface area contributed by atoms with Crippen LogP contribution < -0.4 is 10.1 Å². The molecule has 1 N–H and O–H groups in total. The molecular weight excluding hydrogens is 240 g/mol. The highest BCUT2D eigenvalue weighted by Gasteiger charge is 2.38. The lowest BCUT2D eigenvalue weighted by Crippen LogP contribution is -2.39. The van der Waals surface area contributed by atoms with E-state index in [4.69, 9.17) is 9.47 Å². The van der Waals surface area contributed by atoms with Gasteiger partial charge in [0.05, 0.1) is 24.4 Å². The third kappa shape index (κ3) is 3.25. The molecule has 1 aliphatic heterocycles. The summed E-state index contributed by atoms with van der Waals surface area (Å²) in [5.41, 5.74) is 0.972. The molecule has 1 saturated heterocycles. The van der Waals surface area contributed by atoms with Crippen LogP contribution in [0.25, 0.3) is 0 Å². The van der Waals surface area contributed by atoms with Gasteiger partial charge in [0.25, 0.3) is 0 Å². The van der Waals surface area contributed by atoms with Gasteiger partial charge in [0.1, 0.15) is 5.75 Å². The average molecular weight is 264 g/mol. The van der Waals surface area contributed by atoms with E-state index in [1.807, 2.05) is 13.2 Å². The van der Waals surface area contributed by atoms with E-state index in [0.29, 0.717) is 0 Å². The van der Waals surface area contributed by atoms with Crippen LogP contribution in [0.5, 0.6) is 5.75 Å². The summed E-state index contributed by atoms with van der Waals surface area (Å²) < 4.78 is 11.6. The maximum Gasteiger partial charge on any atom is 0.137 e. The molecule has 1 aliphatic rings. The minimum Gasteiger partial charge on any atom is -0.492 e. The topological polar surface area (TPSA) is 43.4 Å². The molecule has 2 rings (SSSR count). The van der Waals surface area contributed by atoms with E-state index in [0.717, 1.165) is 43.8 Å². The van der Waals surface area contributed by atoms with E-state index in [1.165, 1.54) is 0 Å². The van der Waals surface area contributed by atoms with Gasteiger partial charge in [0.2, 0.25) is 0 Å². The van der Waals surface area contributed by atoms with Gasteiger partial charge in [-0.25, -0.2) is 0 Å². The van der Waals surface area contributed by atoms with Crippen LogP contribution in [0.2, 0.25) is 0 Å². The van der Waals surface area contributed by atoms with Crippen molar-refractivity contribution in [1.29, 1.82) is 0 Å².